The fraction of sp³-hybridized carbons (Fsp3) is 0.333. The minimum Gasteiger partial charge on any atom is -0.497 e. The van der Waals surface area contributed by atoms with Gasteiger partial charge in [-0.2, -0.15) is 0 Å². The van der Waals surface area contributed by atoms with Gasteiger partial charge in [-0.1, -0.05) is 24.3 Å². The van der Waals surface area contributed by atoms with Crippen molar-refractivity contribution >= 4 is 17.5 Å². The van der Waals surface area contributed by atoms with E-state index in [9.17, 15) is 9.59 Å². The van der Waals surface area contributed by atoms with E-state index in [2.05, 4.69) is 10.6 Å². The van der Waals surface area contributed by atoms with Crippen LogP contribution in [-0.4, -0.2) is 31.0 Å². The molecule has 0 unspecified atom stereocenters. The third kappa shape index (κ3) is 5.82. The van der Waals surface area contributed by atoms with Crippen molar-refractivity contribution in [3.63, 3.8) is 0 Å². The molecule has 27 heavy (non-hydrogen) atoms. The molecule has 2 amide bonds. The summed E-state index contributed by atoms with van der Waals surface area (Å²) >= 11 is 0. The Bertz CT molecular complexity index is 783. The third-order valence-corrected chi connectivity index (χ3v) is 4.48. The smallest absolute Gasteiger partial charge is 0.241 e. The predicted molar refractivity (Wildman–Crippen MR) is 105 cm³/mol. The number of amides is 2. The van der Waals surface area contributed by atoms with Gasteiger partial charge in [0.15, 0.2) is 0 Å². The molecule has 0 spiro atoms. The van der Waals surface area contributed by atoms with Crippen molar-refractivity contribution in [2.24, 2.45) is 5.73 Å². The Balaban J connectivity index is 1.49. The summed E-state index contributed by atoms with van der Waals surface area (Å²) in [6.07, 6.45) is 2.94. The molecule has 0 aromatic heterocycles. The molecule has 0 bridgehead atoms. The molecule has 3 rings (SSSR count). The van der Waals surface area contributed by atoms with Crippen LogP contribution in [0.15, 0.2) is 48.5 Å². The molecule has 6 heteroatoms. The first-order chi connectivity index (χ1) is 13.0. The minimum absolute atomic E-state index is 0.0378. The highest BCUT2D eigenvalue weighted by Crippen LogP contribution is 2.19. The van der Waals surface area contributed by atoms with E-state index in [1.165, 1.54) is 0 Å². The van der Waals surface area contributed by atoms with Crippen LogP contribution in [0, 0.1) is 0 Å². The predicted octanol–water partition coefficient (Wildman–Crippen LogP) is 2.02. The lowest BCUT2D eigenvalue weighted by molar-refractivity contribution is -0.120. The van der Waals surface area contributed by atoms with Crippen LogP contribution in [0.2, 0.25) is 0 Å². The van der Waals surface area contributed by atoms with E-state index in [1.807, 2.05) is 36.4 Å². The van der Waals surface area contributed by atoms with Gasteiger partial charge in [0.1, 0.15) is 5.75 Å². The summed E-state index contributed by atoms with van der Waals surface area (Å²) < 4.78 is 5.12. The van der Waals surface area contributed by atoms with E-state index in [1.54, 1.807) is 19.2 Å². The molecule has 0 saturated heterocycles. The summed E-state index contributed by atoms with van der Waals surface area (Å²) in [5.41, 5.74) is 8.56. The Labute approximate surface area is 159 Å². The van der Waals surface area contributed by atoms with Crippen LogP contribution in [0.5, 0.6) is 5.75 Å². The number of nitrogens with two attached hydrogens (primary N) is 1. The van der Waals surface area contributed by atoms with Crippen molar-refractivity contribution < 1.29 is 14.3 Å². The molecule has 0 radical (unpaired) electrons. The summed E-state index contributed by atoms with van der Waals surface area (Å²) in [4.78, 5) is 24.1. The maximum absolute atomic E-state index is 12.3. The monoisotopic (exact) mass is 367 g/mol. The van der Waals surface area contributed by atoms with Crippen molar-refractivity contribution in [1.29, 1.82) is 0 Å². The third-order valence-electron chi connectivity index (χ3n) is 4.48. The number of hydrogen-bond donors (Lipinski definition) is 3. The lowest BCUT2D eigenvalue weighted by Crippen LogP contribution is -2.37. The molecule has 0 heterocycles. The Morgan fingerprint density at radius 1 is 1.07 bits per heavy atom. The molecule has 1 fully saturated rings. The van der Waals surface area contributed by atoms with Crippen molar-refractivity contribution in [1.82, 2.24) is 5.32 Å². The number of methoxy groups -OCH3 is 1. The first kappa shape index (κ1) is 18.9. The average Bonchev–Trinajstić information content (AvgIpc) is 3.47. The highest BCUT2D eigenvalue weighted by molar-refractivity contribution is 5.94. The molecule has 4 N–H and O–H groups in total. The molecule has 1 aliphatic carbocycles. The number of benzene rings is 2. The second-order valence-corrected chi connectivity index (χ2v) is 6.86. The standard InChI is InChI=1S/C21H25N3O3/c1-27-18-10-4-14(5-11-18)12-19(22)21(26)24-17-6-2-15(3-7-17)13-20(25)23-16-8-9-16/h2-7,10-11,16,19H,8-9,12-13,22H2,1H3,(H,23,25)(H,24,26)/t19-/m0/s1. The zero-order chi connectivity index (χ0) is 19.2. The maximum Gasteiger partial charge on any atom is 0.241 e. The molecular weight excluding hydrogens is 342 g/mol. The van der Waals surface area contributed by atoms with Gasteiger partial charge < -0.3 is 21.1 Å². The average molecular weight is 367 g/mol. The first-order valence-electron chi connectivity index (χ1n) is 9.11. The Morgan fingerprint density at radius 3 is 2.30 bits per heavy atom. The SMILES string of the molecule is COc1ccc(C[C@H](N)C(=O)Nc2ccc(CC(=O)NC3CC3)cc2)cc1. The summed E-state index contributed by atoms with van der Waals surface area (Å²) in [6, 6.07) is 14.5. The van der Waals surface area contributed by atoms with Crippen molar-refractivity contribution in [2.75, 3.05) is 12.4 Å². The highest BCUT2D eigenvalue weighted by Gasteiger charge is 2.23. The van der Waals surface area contributed by atoms with Gasteiger partial charge in [0.25, 0.3) is 0 Å². The molecule has 1 saturated carbocycles. The number of ether oxygens (including phenoxy) is 1. The quantitative estimate of drug-likeness (QED) is 0.665. The molecule has 142 valence electrons. The fourth-order valence-corrected chi connectivity index (χ4v) is 2.74. The van der Waals surface area contributed by atoms with Crippen LogP contribution in [0.4, 0.5) is 5.69 Å². The topological polar surface area (TPSA) is 93.4 Å². The lowest BCUT2D eigenvalue weighted by Gasteiger charge is -2.13. The summed E-state index contributed by atoms with van der Waals surface area (Å²) in [5.74, 6) is 0.559. The van der Waals surface area contributed by atoms with Gasteiger partial charge in [0, 0.05) is 11.7 Å². The lowest BCUT2D eigenvalue weighted by atomic mass is 10.1. The van der Waals surface area contributed by atoms with Crippen molar-refractivity contribution in [2.45, 2.75) is 37.8 Å². The highest BCUT2D eigenvalue weighted by atomic mass is 16.5. The van der Waals surface area contributed by atoms with Gasteiger partial charge in [-0.15, -0.1) is 0 Å². The van der Waals surface area contributed by atoms with Gasteiger partial charge in [-0.3, -0.25) is 9.59 Å². The Kier molecular flexibility index (Phi) is 6.08. The van der Waals surface area contributed by atoms with Crippen LogP contribution >= 0.6 is 0 Å². The number of carbonyl (C=O) groups excluding carboxylic acids is 2. The summed E-state index contributed by atoms with van der Waals surface area (Å²) in [6.45, 7) is 0. The molecule has 2 aromatic rings. The second kappa shape index (κ2) is 8.68. The molecule has 1 atom stereocenters. The Hall–Kier alpha value is -2.86. The molecule has 1 aliphatic rings. The van der Waals surface area contributed by atoms with Crippen LogP contribution < -0.4 is 21.1 Å². The van der Waals surface area contributed by atoms with Crippen molar-refractivity contribution in [3.05, 3.63) is 59.7 Å². The van der Waals surface area contributed by atoms with Gasteiger partial charge in [0.05, 0.1) is 19.6 Å². The zero-order valence-electron chi connectivity index (χ0n) is 15.4. The molecule has 2 aromatic carbocycles. The first-order valence-corrected chi connectivity index (χ1v) is 9.11. The maximum atomic E-state index is 12.3. The number of carbonyl (C=O) groups is 2. The number of nitrogens with one attached hydrogen (secondary N) is 2. The fourth-order valence-electron chi connectivity index (χ4n) is 2.74. The largest absolute Gasteiger partial charge is 0.497 e. The van der Waals surface area contributed by atoms with Gasteiger partial charge >= 0.3 is 0 Å². The van der Waals surface area contributed by atoms with Crippen LogP contribution in [0.25, 0.3) is 0 Å². The molecular formula is C21H25N3O3. The minimum atomic E-state index is -0.651. The van der Waals surface area contributed by atoms with Gasteiger partial charge in [-0.25, -0.2) is 0 Å². The van der Waals surface area contributed by atoms with Crippen LogP contribution in [-0.2, 0) is 22.4 Å². The van der Waals surface area contributed by atoms with Gasteiger partial charge in [-0.05, 0) is 54.7 Å². The van der Waals surface area contributed by atoms with E-state index in [-0.39, 0.29) is 11.8 Å². The van der Waals surface area contributed by atoms with Gasteiger partial charge in [0.2, 0.25) is 11.8 Å². The van der Waals surface area contributed by atoms with E-state index >= 15 is 0 Å². The summed E-state index contributed by atoms with van der Waals surface area (Å²) in [5, 5.41) is 5.78. The number of rotatable bonds is 8. The van der Waals surface area contributed by atoms with E-state index in [4.69, 9.17) is 10.5 Å². The van der Waals surface area contributed by atoms with Crippen LogP contribution in [0.3, 0.4) is 0 Å². The van der Waals surface area contributed by atoms with Crippen molar-refractivity contribution in [3.8, 4) is 5.75 Å². The zero-order valence-corrected chi connectivity index (χ0v) is 15.4. The normalized spacial score (nSPS) is 14.3. The summed E-state index contributed by atoms with van der Waals surface area (Å²) in [7, 11) is 1.61. The molecule has 0 aliphatic heterocycles. The Morgan fingerprint density at radius 2 is 1.70 bits per heavy atom. The second-order valence-electron chi connectivity index (χ2n) is 6.86. The van der Waals surface area contributed by atoms with E-state index < -0.39 is 6.04 Å². The number of anilines is 1. The number of hydrogen-bond acceptors (Lipinski definition) is 4. The van der Waals surface area contributed by atoms with E-state index in [0.717, 1.165) is 29.7 Å². The van der Waals surface area contributed by atoms with Crippen LogP contribution in [0.1, 0.15) is 24.0 Å². The van der Waals surface area contributed by atoms with E-state index in [0.29, 0.717) is 24.6 Å². The molecule has 6 nitrogen and oxygen atoms in total.